The van der Waals surface area contributed by atoms with Crippen LogP contribution in [-0.2, 0) is 20.8 Å². The first-order valence-electron chi connectivity index (χ1n) is 16.2. The van der Waals surface area contributed by atoms with Gasteiger partial charge in [-0.3, -0.25) is 0 Å². The third kappa shape index (κ3) is 20.2. The number of aromatic nitrogens is 1. The maximum Gasteiger partial charge on any atom is 0.409 e. The van der Waals surface area contributed by atoms with Crippen LogP contribution in [0.15, 0.2) is 24.5 Å². The van der Waals surface area contributed by atoms with E-state index in [0.29, 0.717) is 13.2 Å². The van der Waals surface area contributed by atoms with Crippen molar-refractivity contribution in [3.63, 3.8) is 0 Å². The van der Waals surface area contributed by atoms with E-state index in [-0.39, 0.29) is 28.6 Å². The molecule has 0 bridgehead atoms. The van der Waals surface area contributed by atoms with Gasteiger partial charge in [0.05, 0.1) is 6.61 Å². The number of aryl methyl sites for hydroxylation is 1. The molecule has 8 nitrogen and oxygen atoms in total. The number of hydrogen-bond donors (Lipinski definition) is 2. The van der Waals surface area contributed by atoms with Crippen LogP contribution in [0.2, 0.25) is 0 Å². The van der Waals surface area contributed by atoms with Crippen molar-refractivity contribution >= 4 is 12.1 Å². The fourth-order valence-electron chi connectivity index (χ4n) is 4.85. The Kier molecular flexibility index (Phi) is 25.8. The number of hydrogen-bond acceptors (Lipinski definition) is 5. The van der Waals surface area contributed by atoms with Crippen molar-refractivity contribution < 1.29 is 50.5 Å². The van der Waals surface area contributed by atoms with Gasteiger partial charge in [-0.2, -0.15) is 0 Å². The number of unbranched alkanes of at least 4 members (excludes halogenated alkanes) is 13. The van der Waals surface area contributed by atoms with E-state index in [1.54, 1.807) is 25.4 Å². The SMILES string of the molecule is CCCCCCCCCCCCCCCC(CC)NC(=O)OC(OCCCC[n+]1cccc(C(=O)O)c1)C(C)OC.[Br-]. The number of halogens is 1. The first kappa shape index (κ1) is 40.3. The van der Waals surface area contributed by atoms with Crippen LogP contribution in [-0.4, -0.2) is 49.3 Å². The first-order chi connectivity index (χ1) is 19.9. The molecule has 0 aliphatic carbocycles. The van der Waals surface area contributed by atoms with Gasteiger partial charge >= 0.3 is 12.1 Å². The van der Waals surface area contributed by atoms with Gasteiger partial charge in [-0.15, -0.1) is 0 Å². The second kappa shape index (κ2) is 26.9. The Morgan fingerprint density at radius 1 is 0.905 bits per heavy atom. The van der Waals surface area contributed by atoms with E-state index >= 15 is 0 Å². The average molecular weight is 660 g/mol. The molecule has 0 fully saturated rings. The second-order valence-electron chi connectivity index (χ2n) is 11.2. The zero-order chi connectivity index (χ0) is 30.1. The summed E-state index contributed by atoms with van der Waals surface area (Å²) in [5, 5.41) is 12.1. The van der Waals surface area contributed by atoms with E-state index in [9.17, 15) is 9.59 Å². The summed E-state index contributed by atoms with van der Waals surface area (Å²) in [5.41, 5.74) is 0.261. The van der Waals surface area contributed by atoms with Crippen molar-refractivity contribution in [2.45, 2.75) is 155 Å². The molecule has 1 amide bonds. The van der Waals surface area contributed by atoms with Crippen LogP contribution in [0.3, 0.4) is 0 Å². The number of rotatable bonds is 26. The molecule has 1 aromatic heterocycles. The number of amides is 1. The van der Waals surface area contributed by atoms with Crippen LogP contribution in [0, 0.1) is 0 Å². The van der Waals surface area contributed by atoms with Gasteiger partial charge in [-0.05, 0) is 32.3 Å². The highest BCUT2D eigenvalue weighted by atomic mass is 79.9. The molecule has 0 saturated carbocycles. The van der Waals surface area contributed by atoms with E-state index in [1.807, 2.05) is 17.7 Å². The number of carboxylic acid groups (broad SMARTS) is 1. The highest BCUT2D eigenvalue weighted by Gasteiger charge is 2.23. The summed E-state index contributed by atoms with van der Waals surface area (Å²) >= 11 is 0. The van der Waals surface area contributed by atoms with Crippen molar-refractivity contribution in [1.29, 1.82) is 0 Å². The third-order valence-electron chi connectivity index (χ3n) is 7.65. The molecule has 3 unspecified atom stereocenters. The van der Waals surface area contributed by atoms with Crippen LogP contribution in [0.4, 0.5) is 4.79 Å². The highest BCUT2D eigenvalue weighted by Crippen LogP contribution is 2.14. The molecular weight excluding hydrogens is 600 g/mol. The second-order valence-corrected chi connectivity index (χ2v) is 11.2. The minimum atomic E-state index is -0.941. The van der Waals surface area contributed by atoms with Crippen LogP contribution in [0.5, 0.6) is 0 Å². The lowest BCUT2D eigenvalue weighted by molar-refractivity contribution is -0.697. The van der Waals surface area contributed by atoms with Crippen molar-refractivity contribution in [2.75, 3.05) is 13.7 Å². The minimum absolute atomic E-state index is 0. The van der Waals surface area contributed by atoms with Crippen molar-refractivity contribution in [1.82, 2.24) is 5.32 Å². The van der Waals surface area contributed by atoms with Crippen molar-refractivity contribution in [2.24, 2.45) is 0 Å². The van der Waals surface area contributed by atoms with Crippen molar-refractivity contribution in [3.8, 4) is 0 Å². The van der Waals surface area contributed by atoms with E-state index in [2.05, 4.69) is 19.2 Å². The monoisotopic (exact) mass is 658 g/mol. The summed E-state index contributed by atoms with van der Waals surface area (Å²) in [6.07, 6.45) is 22.4. The Bertz CT molecular complexity index is 813. The zero-order valence-corrected chi connectivity index (χ0v) is 28.4. The molecule has 1 heterocycles. The van der Waals surface area contributed by atoms with Gasteiger partial charge < -0.3 is 41.6 Å². The summed E-state index contributed by atoms with van der Waals surface area (Å²) in [6, 6.07) is 3.39. The Balaban J connectivity index is 0.0000168. The molecule has 42 heavy (non-hydrogen) atoms. The highest BCUT2D eigenvalue weighted by molar-refractivity contribution is 5.86. The molecule has 0 radical (unpaired) electrons. The number of carboxylic acids is 1. The van der Waals surface area contributed by atoms with Gasteiger partial charge in [0.15, 0.2) is 12.4 Å². The van der Waals surface area contributed by atoms with Gasteiger partial charge in [0.2, 0.25) is 6.29 Å². The van der Waals surface area contributed by atoms with E-state index in [0.717, 1.165) is 32.1 Å². The molecule has 0 aromatic carbocycles. The number of carbonyl (C=O) groups is 2. The fourth-order valence-corrected chi connectivity index (χ4v) is 4.85. The van der Waals surface area contributed by atoms with Crippen LogP contribution < -0.4 is 26.9 Å². The summed E-state index contributed by atoms with van der Waals surface area (Å²) in [5.74, 6) is -0.941. The lowest BCUT2D eigenvalue weighted by Gasteiger charge is -2.25. The number of methoxy groups -OCH3 is 1. The summed E-state index contributed by atoms with van der Waals surface area (Å²) in [6.45, 7) is 7.25. The normalized spacial score (nSPS) is 13.1. The molecular formula is C33H59BrN2O6. The Morgan fingerprint density at radius 2 is 1.50 bits per heavy atom. The number of pyridine rings is 1. The topological polar surface area (TPSA) is 98.0 Å². The Morgan fingerprint density at radius 3 is 2.05 bits per heavy atom. The molecule has 2 N–H and O–H groups in total. The number of ether oxygens (including phenoxy) is 3. The van der Waals surface area contributed by atoms with Gasteiger partial charge in [-0.25, -0.2) is 14.2 Å². The molecule has 0 aliphatic heterocycles. The van der Waals surface area contributed by atoms with Crippen LogP contribution >= 0.6 is 0 Å². The minimum Gasteiger partial charge on any atom is -1.00 e. The number of nitrogens with one attached hydrogen (secondary N) is 1. The molecule has 0 aliphatic rings. The predicted octanol–water partition coefficient (Wildman–Crippen LogP) is 4.82. The molecule has 0 spiro atoms. The molecule has 0 saturated heterocycles. The van der Waals surface area contributed by atoms with Gasteiger partial charge in [0.1, 0.15) is 18.2 Å². The Labute approximate surface area is 266 Å². The maximum atomic E-state index is 12.6. The molecule has 244 valence electrons. The zero-order valence-electron chi connectivity index (χ0n) is 26.8. The largest absolute Gasteiger partial charge is 1.00 e. The van der Waals surface area contributed by atoms with Crippen molar-refractivity contribution in [3.05, 3.63) is 30.1 Å². The summed E-state index contributed by atoms with van der Waals surface area (Å²) < 4.78 is 18.7. The standard InChI is InChI=1S/C33H58N2O6.BrH/c1-5-7-8-9-10-11-12-13-14-15-16-17-18-23-30(6-2)34-33(38)41-32(28(3)39-4)40-26-20-19-24-35-25-21-22-29(27-35)31(36)37;/h21-22,25,27-28,30,32H,5-20,23-24,26H2,1-4H3,(H-,34,36,37,38);1H. The van der Waals surface area contributed by atoms with Gasteiger partial charge in [0.25, 0.3) is 0 Å². The van der Waals surface area contributed by atoms with Gasteiger partial charge in [-0.1, -0.05) is 97.3 Å². The van der Waals surface area contributed by atoms with Crippen LogP contribution in [0.25, 0.3) is 0 Å². The van der Waals surface area contributed by atoms with E-state index in [1.165, 1.54) is 77.0 Å². The molecule has 3 atom stereocenters. The van der Waals surface area contributed by atoms with E-state index in [4.69, 9.17) is 19.3 Å². The molecule has 1 aromatic rings. The quantitative estimate of drug-likeness (QED) is 0.0842. The number of aromatic carboxylic acids is 1. The number of alkyl carbamates (subject to hydrolysis) is 1. The predicted molar refractivity (Wildman–Crippen MR) is 163 cm³/mol. The summed E-state index contributed by atoms with van der Waals surface area (Å²) in [7, 11) is 1.57. The Hall–Kier alpha value is -1.71. The van der Waals surface area contributed by atoms with Crippen LogP contribution in [0.1, 0.15) is 140 Å². The number of carbonyl (C=O) groups excluding carboxylic acids is 1. The first-order valence-corrected chi connectivity index (χ1v) is 16.2. The smallest absolute Gasteiger partial charge is 0.409 e. The number of nitrogens with zero attached hydrogens (tertiary/aromatic N) is 1. The fraction of sp³-hybridized carbons (Fsp3) is 0.788. The third-order valence-corrected chi connectivity index (χ3v) is 7.65. The van der Waals surface area contributed by atoms with E-state index < -0.39 is 24.5 Å². The maximum absolute atomic E-state index is 12.6. The summed E-state index contributed by atoms with van der Waals surface area (Å²) in [4.78, 5) is 23.8. The lowest BCUT2D eigenvalue weighted by atomic mass is 10.0. The van der Waals surface area contributed by atoms with Gasteiger partial charge in [0, 0.05) is 25.6 Å². The molecule has 9 heteroatoms. The molecule has 1 rings (SSSR count). The average Bonchev–Trinajstić information content (AvgIpc) is 2.97. The lowest BCUT2D eigenvalue weighted by Crippen LogP contribution is -3.00.